The number of nitrogens with one attached hydrogen (secondary N) is 1. The van der Waals surface area contributed by atoms with Gasteiger partial charge < -0.3 is 10.5 Å². The Morgan fingerprint density at radius 3 is 2.47 bits per heavy atom. The molecule has 0 aliphatic heterocycles. The molecule has 1 unspecified atom stereocenters. The van der Waals surface area contributed by atoms with Crippen LogP contribution >= 0.6 is 0 Å². The van der Waals surface area contributed by atoms with E-state index in [2.05, 4.69) is 5.48 Å². The predicted molar refractivity (Wildman–Crippen MR) is 58.2 cm³/mol. The first-order valence-corrected chi connectivity index (χ1v) is 5.23. The molecule has 0 rings (SSSR count). The monoisotopic (exact) mass is 218 g/mol. The van der Waals surface area contributed by atoms with Gasteiger partial charge in [0.05, 0.1) is 6.10 Å². The van der Waals surface area contributed by atoms with E-state index in [4.69, 9.17) is 15.3 Å². The van der Waals surface area contributed by atoms with Gasteiger partial charge in [-0.25, -0.2) is 4.79 Å². The molecule has 0 radical (unpaired) electrons. The number of nitrogens with two attached hydrogens (primary N) is 1. The van der Waals surface area contributed by atoms with E-state index >= 15 is 0 Å². The highest BCUT2D eigenvalue weighted by Crippen LogP contribution is 2.06. The average Bonchev–Trinajstić information content (AvgIpc) is 2.09. The minimum absolute atomic E-state index is 0.150. The molecule has 5 heteroatoms. The number of carbonyl (C=O) groups is 1. The van der Waals surface area contributed by atoms with Crippen molar-refractivity contribution in [2.24, 2.45) is 5.73 Å². The lowest BCUT2D eigenvalue weighted by Crippen LogP contribution is -2.37. The highest BCUT2D eigenvalue weighted by atomic mass is 16.7. The molecule has 3 N–H and O–H groups in total. The van der Waals surface area contributed by atoms with Crippen LogP contribution in [0.15, 0.2) is 0 Å². The molecule has 0 saturated heterocycles. The Morgan fingerprint density at radius 1 is 1.47 bits per heavy atom. The van der Waals surface area contributed by atoms with Crippen LogP contribution in [0.3, 0.4) is 0 Å². The van der Waals surface area contributed by atoms with Crippen LogP contribution in [0.25, 0.3) is 0 Å². The molecule has 0 aliphatic carbocycles. The molecule has 1 amide bonds. The zero-order valence-corrected chi connectivity index (χ0v) is 10.0. The molecule has 0 saturated carbocycles. The van der Waals surface area contributed by atoms with E-state index in [-0.39, 0.29) is 6.10 Å². The lowest BCUT2D eigenvalue weighted by molar-refractivity contribution is -0.0416. The molecule has 0 aromatic heterocycles. The minimum Gasteiger partial charge on any atom is -0.442 e. The summed E-state index contributed by atoms with van der Waals surface area (Å²) in [6.07, 6.45) is 1.03. The summed E-state index contributed by atoms with van der Waals surface area (Å²) in [6, 6.07) is 0. The first kappa shape index (κ1) is 14.2. The van der Waals surface area contributed by atoms with Gasteiger partial charge in [0.2, 0.25) is 0 Å². The summed E-state index contributed by atoms with van der Waals surface area (Å²) in [5.74, 6) is 0. The van der Waals surface area contributed by atoms with E-state index in [1.807, 2.05) is 6.92 Å². The summed E-state index contributed by atoms with van der Waals surface area (Å²) >= 11 is 0. The number of rotatable bonds is 5. The van der Waals surface area contributed by atoms with Gasteiger partial charge in [0.1, 0.15) is 5.60 Å². The second-order valence-electron chi connectivity index (χ2n) is 4.37. The molecule has 1 atom stereocenters. The standard InChI is InChI=1S/C10H22N2O3/c1-5-6-8(7-11)15-12-9(13)14-10(2,3)4/h8H,5-7,11H2,1-4H3,(H,12,13). The lowest BCUT2D eigenvalue weighted by atomic mass is 10.2. The molecule has 0 heterocycles. The lowest BCUT2D eigenvalue weighted by Gasteiger charge is -2.21. The molecule has 0 fully saturated rings. The Morgan fingerprint density at radius 2 is 2.07 bits per heavy atom. The first-order valence-electron chi connectivity index (χ1n) is 5.23. The summed E-state index contributed by atoms with van der Waals surface area (Å²) in [6.45, 7) is 7.78. The number of hydrogen-bond acceptors (Lipinski definition) is 4. The number of hydroxylamine groups is 1. The van der Waals surface area contributed by atoms with Crippen LogP contribution in [-0.2, 0) is 9.57 Å². The van der Waals surface area contributed by atoms with Crippen LogP contribution < -0.4 is 11.2 Å². The van der Waals surface area contributed by atoms with Gasteiger partial charge in [0.25, 0.3) is 0 Å². The molecular weight excluding hydrogens is 196 g/mol. The van der Waals surface area contributed by atoms with E-state index in [1.165, 1.54) is 0 Å². The molecular formula is C10H22N2O3. The molecule has 0 aliphatic rings. The van der Waals surface area contributed by atoms with E-state index < -0.39 is 11.7 Å². The molecule has 5 nitrogen and oxygen atoms in total. The predicted octanol–water partition coefficient (Wildman–Crippen LogP) is 1.57. The molecule has 15 heavy (non-hydrogen) atoms. The minimum atomic E-state index is -0.586. The Hall–Kier alpha value is -0.810. The van der Waals surface area contributed by atoms with Crippen molar-refractivity contribution < 1.29 is 14.4 Å². The Kier molecular flexibility index (Phi) is 6.27. The van der Waals surface area contributed by atoms with Crippen molar-refractivity contribution >= 4 is 6.09 Å². The third-order valence-corrected chi connectivity index (χ3v) is 1.58. The van der Waals surface area contributed by atoms with Crippen molar-refractivity contribution in [1.29, 1.82) is 0 Å². The number of ether oxygens (including phenoxy) is 1. The maximum atomic E-state index is 11.2. The SMILES string of the molecule is CCCC(CN)ONC(=O)OC(C)(C)C. The molecule has 0 aromatic rings. The third kappa shape index (κ3) is 8.20. The number of hydrogen-bond donors (Lipinski definition) is 2. The van der Waals surface area contributed by atoms with Crippen molar-refractivity contribution in [3.63, 3.8) is 0 Å². The molecule has 90 valence electrons. The Balaban J connectivity index is 3.78. The van der Waals surface area contributed by atoms with Gasteiger partial charge in [-0.05, 0) is 27.2 Å². The highest BCUT2D eigenvalue weighted by molar-refractivity contribution is 5.66. The largest absolute Gasteiger partial charge is 0.442 e. The second kappa shape index (κ2) is 6.63. The van der Waals surface area contributed by atoms with E-state index in [0.717, 1.165) is 12.8 Å². The summed E-state index contributed by atoms with van der Waals surface area (Å²) in [7, 11) is 0. The van der Waals surface area contributed by atoms with Crippen LogP contribution in [0.2, 0.25) is 0 Å². The third-order valence-electron chi connectivity index (χ3n) is 1.58. The summed E-state index contributed by atoms with van der Waals surface area (Å²) in [4.78, 5) is 16.3. The van der Waals surface area contributed by atoms with Crippen molar-refractivity contribution in [3.05, 3.63) is 0 Å². The number of carbonyl (C=O) groups excluding carboxylic acids is 1. The first-order chi connectivity index (χ1) is 6.89. The van der Waals surface area contributed by atoms with E-state index in [9.17, 15) is 4.79 Å². The van der Waals surface area contributed by atoms with Gasteiger partial charge in [0, 0.05) is 6.54 Å². The second-order valence-corrected chi connectivity index (χ2v) is 4.37. The van der Waals surface area contributed by atoms with Crippen molar-refractivity contribution in [2.75, 3.05) is 6.54 Å². The quantitative estimate of drug-likeness (QED) is 0.687. The van der Waals surface area contributed by atoms with Gasteiger partial charge in [-0.1, -0.05) is 13.3 Å². The smallest absolute Gasteiger partial charge is 0.431 e. The fourth-order valence-corrected chi connectivity index (χ4v) is 0.977. The Labute approximate surface area is 91.3 Å². The van der Waals surface area contributed by atoms with E-state index in [0.29, 0.717) is 6.54 Å². The topological polar surface area (TPSA) is 73.6 Å². The van der Waals surface area contributed by atoms with Crippen LogP contribution in [-0.4, -0.2) is 24.3 Å². The van der Waals surface area contributed by atoms with E-state index in [1.54, 1.807) is 20.8 Å². The van der Waals surface area contributed by atoms with Crippen LogP contribution in [0.5, 0.6) is 0 Å². The highest BCUT2D eigenvalue weighted by Gasteiger charge is 2.17. The molecule has 0 aromatic carbocycles. The van der Waals surface area contributed by atoms with Gasteiger partial charge >= 0.3 is 6.09 Å². The normalized spacial score (nSPS) is 13.4. The van der Waals surface area contributed by atoms with Gasteiger partial charge in [-0.15, -0.1) is 0 Å². The van der Waals surface area contributed by atoms with Gasteiger partial charge in [-0.2, -0.15) is 5.48 Å². The van der Waals surface area contributed by atoms with Gasteiger partial charge in [0.15, 0.2) is 0 Å². The van der Waals surface area contributed by atoms with Crippen LogP contribution in [0.4, 0.5) is 4.79 Å². The van der Waals surface area contributed by atoms with Gasteiger partial charge in [-0.3, -0.25) is 4.84 Å². The summed E-state index contributed by atoms with van der Waals surface area (Å²) in [5, 5.41) is 0. The maximum absolute atomic E-state index is 11.2. The maximum Gasteiger partial charge on any atom is 0.431 e. The zero-order valence-electron chi connectivity index (χ0n) is 10.0. The summed E-state index contributed by atoms with van der Waals surface area (Å²) in [5.41, 5.74) is 7.17. The van der Waals surface area contributed by atoms with Crippen LogP contribution in [0.1, 0.15) is 40.5 Å². The summed E-state index contributed by atoms with van der Waals surface area (Å²) < 4.78 is 4.99. The Bertz CT molecular complexity index is 190. The average molecular weight is 218 g/mol. The fraction of sp³-hybridized carbons (Fsp3) is 0.900. The number of amides is 1. The fourth-order valence-electron chi connectivity index (χ4n) is 0.977. The molecule has 0 spiro atoms. The van der Waals surface area contributed by atoms with Crippen molar-refractivity contribution in [2.45, 2.75) is 52.2 Å². The zero-order chi connectivity index (χ0) is 11.9. The molecule has 0 bridgehead atoms. The van der Waals surface area contributed by atoms with Crippen molar-refractivity contribution in [3.8, 4) is 0 Å². The van der Waals surface area contributed by atoms with Crippen molar-refractivity contribution in [1.82, 2.24) is 5.48 Å². The van der Waals surface area contributed by atoms with Crippen LogP contribution in [0, 0.1) is 0 Å².